The van der Waals surface area contributed by atoms with Crippen LogP contribution in [-0.2, 0) is 6.42 Å². The van der Waals surface area contributed by atoms with Gasteiger partial charge < -0.3 is 11.1 Å². The summed E-state index contributed by atoms with van der Waals surface area (Å²) >= 11 is 1.54. The van der Waals surface area contributed by atoms with Crippen molar-refractivity contribution >= 4 is 27.4 Å². The van der Waals surface area contributed by atoms with E-state index in [0.717, 1.165) is 27.8 Å². The zero-order valence-corrected chi connectivity index (χ0v) is 18.5. The van der Waals surface area contributed by atoms with Gasteiger partial charge in [-0.1, -0.05) is 36.4 Å². The van der Waals surface area contributed by atoms with E-state index >= 15 is 0 Å². The minimum absolute atomic E-state index is 0.115. The summed E-state index contributed by atoms with van der Waals surface area (Å²) in [7, 11) is 0. The minimum atomic E-state index is -0.471. The molecule has 0 fully saturated rings. The van der Waals surface area contributed by atoms with E-state index in [4.69, 9.17) is 10.7 Å². The second-order valence-corrected chi connectivity index (χ2v) is 8.53. The standard InChI is InChI=1S/C25H21FN6S/c26-21-14-29-10-8-19(21)24-31-22-20(17-7-4-9-28-12-17)15-33-23(22)25(32-24)30-13-18(27)11-16-5-2-1-3-6-16/h1-10,12,14-15,18H,11,13,27H2,(H,30,31,32). The summed E-state index contributed by atoms with van der Waals surface area (Å²) in [6.07, 6.45) is 6.95. The van der Waals surface area contributed by atoms with Crippen LogP contribution >= 0.6 is 11.3 Å². The van der Waals surface area contributed by atoms with Crippen molar-refractivity contribution in [2.24, 2.45) is 5.73 Å². The molecule has 8 heteroatoms. The number of nitrogens with one attached hydrogen (secondary N) is 1. The normalized spacial score (nSPS) is 12.1. The Morgan fingerprint density at radius 1 is 0.939 bits per heavy atom. The summed E-state index contributed by atoms with van der Waals surface area (Å²) in [4.78, 5) is 17.5. The number of halogens is 1. The van der Waals surface area contributed by atoms with Gasteiger partial charge in [0, 0.05) is 47.7 Å². The fourth-order valence-corrected chi connectivity index (χ4v) is 4.64. The smallest absolute Gasteiger partial charge is 0.165 e. The van der Waals surface area contributed by atoms with Gasteiger partial charge in [-0.15, -0.1) is 11.3 Å². The lowest BCUT2D eigenvalue weighted by Gasteiger charge is -2.15. The zero-order valence-electron chi connectivity index (χ0n) is 17.6. The molecule has 0 aliphatic rings. The average molecular weight is 457 g/mol. The number of nitrogens with zero attached hydrogens (tertiary/aromatic N) is 4. The number of pyridine rings is 2. The van der Waals surface area contributed by atoms with E-state index < -0.39 is 5.82 Å². The van der Waals surface area contributed by atoms with Gasteiger partial charge in [0.15, 0.2) is 11.6 Å². The van der Waals surface area contributed by atoms with Gasteiger partial charge in [0.05, 0.1) is 22.0 Å². The van der Waals surface area contributed by atoms with Crippen molar-refractivity contribution in [1.29, 1.82) is 0 Å². The van der Waals surface area contributed by atoms with Crippen LogP contribution < -0.4 is 11.1 Å². The molecule has 6 nitrogen and oxygen atoms in total. The molecule has 0 radical (unpaired) electrons. The van der Waals surface area contributed by atoms with Gasteiger partial charge in [0.25, 0.3) is 0 Å². The molecule has 1 aromatic carbocycles. The highest BCUT2D eigenvalue weighted by Gasteiger charge is 2.18. The first-order chi connectivity index (χ1) is 16.2. The first-order valence-corrected chi connectivity index (χ1v) is 11.4. The summed E-state index contributed by atoms with van der Waals surface area (Å²) in [6, 6.07) is 15.4. The molecule has 1 unspecified atom stereocenters. The van der Waals surface area contributed by atoms with E-state index in [1.807, 2.05) is 35.7 Å². The second-order valence-electron chi connectivity index (χ2n) is 7.65. The minimum Gasteiger partial charge on any atom is -0.367 e. The predicted molar refractivity (Wildman–Crippen MR) is 130 cm³/mol. The first-order valence-electron chi connectivity index (χ1n) is 10.5. The number of aromatic nitrogens is 4. The molecule has 5 rings (SSSR count). The molecule has 164 valence electrons. The van der Waals surface area contributed by atoms with Gasteiger partial charge in [0.1, 0.15) is 5.82 Å². The van der Waals surface area contributed by atoms with E-state index in [0.29, 0.717) is 23.8 Å². The number of fused-ring (bicyclic) bond motifs is 1. The number of hydrogen-bond donors (Lipinski definition) is 2. The fourth-order valence-electron chi connectivity index (χ4n) is 3.66. The largest absolute Gasteiger partial charge is 0.367 e. The van der Waals surface area contributed by atoms with E-state index in [-0.39, 0.29) is 6.04 Å². The predicted octanol–water partition coefficient (Wildman–Crippen LogP) is 4.94. The Morgan fingerprint density at radius 2 is 1.79 bits per heavy atom. The number of rotatable bonds is 7. The molecule has 33 heavy (non-hydrogen) atoms. The number of thiophene rings is 1. The van der Waals surface area contributed by atoms with Crippen LogP contribution in [0.25, 0.3) is 32.7 Å². The molecule has 4 aromatic heterocycles. The third kappa shape index (κ3) is 4.57. The number of hydrogen-bond acceptors (Lipinski definition) is 7. The molecule has 0 amide bonds. The van der Waals surface area contributed by atoms with Crippen molar-refractivity contribution < 1.29 is 4.39 Å². The maximum absolute atomic E-state index is 14.5. The Bertz CT molecular complexity index is 1370. The van der Waals surface area contributed by atoms with E-state index in [1.165, 1.54) is 29.3 Å². The molecule has 0 saturated heterocycles. The van der Waals surface area contributed by atoms with Gasteiger partial charge in [0.2, 0.25) is 0 Å². The van der Waals surface area contributed by atoms with Crippen LogP contribution in [0, 0.1) is 5.82 Å². The van der Waals surface area contributed by atoms with Crippen molar-refractivity contribution in [3.8, 4) is 22.5 Å². The zero-order chi connectivity index (χ0) is 22.6. The molecular weight excluding hydrogens is 435 g/mol. The lowest BCUT2D eigenvalue weighted by atomic mass is 10.1. The number of nitrogens with two attached hydrogens (primary N) is 1. The molecule has 5 aromatic rings. The maximum Gasteiger partial charge on any atom is 0.165 e. The fraction of sp³-hybridized carbons (Fsp3) is 0.120. The van der Waals surface area contributed by atoms with Crippen LogP contribution in [0.1, 0.15) is 5.56 Å². The van der Waals surface area contributed by atoms with Gasteiger partial charge in [-0.05, 0) is 24.1 Å². The molecule has 1 atom stereocenters. The van der Waals surface area contributed by atoms with Crippen molar-refractivity contribution in [1.82, 2.24) is 19.9 Å². The van der Waals surface area contributed by atoms with Crippen LogP contribution in [0.2, 0.25) is 0 Å². The third-order valence-electron chi connectivity index (χ3n) is 5.27. The van der Waals surface area contributed by atoms with E-state index in [1.54, 1.807) is 18.5 Å². The van der Waals surface area contributed by atoms with Crippen molar-refractivity contribution in [3.63, 3.8) is 0 Å². The van der Waals surface area contributed by atoms with E-state index in [9.17, 15) is 4.39 Å². The lowest BCUT2D eigenvalue weighted by molar-refractivity contribution is 0.623. The average Bonchev–Trinajstić information content (AvgIpc) is 3.28. The van der Waals surface area contributed by atoms with Crippen molar-refractivity contribution in [3.05, 3.63) is 90.1 Å². The molecule has 0 spiro atoms. The van der Waals surface area contributed by atoms with Gasteiger partial charge >= 0.3 is 0 Å². The summed E-state index contributed by atoms with van der Waals surface area (Å²) < 4.78 is 15.4. The van der Waals surface area contributed by atoms with Crippen LogP contribution in [0.15, 0.2) is 78.7 Å². The van der Waals surface area contributed by atoms with Crippen LogP contribution in [0.4, 0.5) is 10.2 Å². The molecule has 0 bridgehead atoms. The molecule has 0 aliphatic heterocycles. The van der Waals surface area contributed by atoms with Gasteiger partial charge in [-0.3, -0.25) is 9.97 Å². The highest BCUT2D eigenvalue weighted by Crippen LogP contribution is 2.37. The topological polar surface area (TPSA) is 89.6 Å². The Kier molecular flexibility index (Phi) is 6.01. The van der Waals surface area contributed by atoms with Crippen molar-refractivity contribution in [2.75, 3.05) is 11.9 Å². The quantitative estimate of drug-likeness (QED) is 0.361. The molecule has 0 aliphatic carbocycles. The maximum atomic E-state index is 14.5. The summed E-state index contributed by atoms with van der Waals surface area (Å²) in [5.74, 6) is 0.460. The Hall–Kier alpha value is -3.75. The van der Waals surface area contributed by atoms with Gasteiger partial charge in [-0.2, -0.15) is 0 Å². The number of anilines is 1. The SMILES string of the molecule is NC(CNc1nc(-c2ccncc2F)nc2c(-c3cccnc3)csc12)Cc1ccccc1. The third-order valence-corrected chi connectivity index (χ3v) is 6.25. The van der Waals surface area contributed by atoms with Crippen LogP contribution in [0.5, 0.6) is 0 Å². The lowest BCUT2D eigenvalue weighted by Crippen LogP contribution is -2.31. The van der Waals surface area contributed by atoms with Crippen LogP contribution in [-0.4, -0.2) is 32.5 Å². The Morgan fingerprint density at radius 3 is 2.58 bits per heavy atom. The molecular formula is C25H21FN6S. The first kappa shape index (κ1) is 21.1. The molecule has 0 saturated carbocycles. The van der Waals surface area contributed by atoms with Gasteiger partial charge in [-0.25, -0.2) is 14.4 Å². The summed E-state index contributed by atoms with van der Waals surface area (Å²) in [6.45, 7) is 0.513. The summed E-state index contributed by atoms with van der Waals surface area (Å²) in [5.41, 5.74) is 10.5. The highest BCUT2D eigenvalue weighted by molar-refractivity contribution is 7.18. The van der Waals surface area contributed by atoms with Crippen molar-refractivity contribution in [2.45, 2.75) is 12.5 Å². The second kappa shape index (κ2) is 9.40. The van der Waals surface area contributed by atoms with Crippen LogP contribution in [0.3, 0.4) is 0 Å². The summed E-state index contributed by atoms with van der Waals surface area (Å²) in [5, 5.41) is 5.41. The monoisotopic (exact) mass is 456 g/mol. The Labute approximate surface area is 194 Å². The Balaban J connectivity index is 1.52. The molecule has 4 heterocycles. The number of benzene rings is 1. The molecule has 3 N–H and O–H groups in total. The highest BCUT2D eigenvalue weighted by atomic mass is 32.1. The van der Waals surface area contributed by atoms with E-state index in [2.05, 4.69) is 32.4 Å².